The predicted octanol–water partition coefficient (Wildman–Crippen LogP) is 1.50. The molecule has 0 fully saturated rings. The van der Waals surface area contributed by atoms with Gasteiger partial charge in [0.05, 0.1) is 6.20 Å². The molecule has 0 aromatic carbocycles. The molecule has 1 unspecified atom stereocenters. The van der Waals surface area contributed by atoms with Crippen LogP contribution in [-0.4, -0.2) is 29.7 Å². The summed E-state index contributed by atoms with van der Waals surface area (Å²) in [7, 11) is -3.92. The minimum Gasteiger partial charge on any atom is -0.475 e. The van der Waals surface area contributed by atoms with Gasteiger partial charge in [-0.05, 0) is 22.9 Å². The van der Waals surface area contributed by atoms with Crippen molar-refractivity contribution >= 4 is 31.9 Å². The van der Waals surface area contributed by atoms with E-state index in [4.69, 9.17) is 9.52 Å². The molecule has 108 valence electrons. The lowest BCUT2D eigenvalue weighted by molar-refractivity contribution is 0.0661. The smallest absolute Gasteiger partial charge is 0.371 e. The molecule has 0 aliphatic carbocycles. The van der Waals surface area contributed by atoms with Crippen molar-refractivity contribution in [3.8, 4) is 0 Å². The second kappa shape index (κ2) is 5.38. The number of hydrogen-bond acceptors (Lipinski definition) is 5. The van der Waals surface area contributed by atoms with Gasteiger partial charge in [0, 0.05) is 23.9 Å². The largest absolute Gasteiger partial charge is 0.475 e. The third-order valence-corrected chi connectivity index (χ3v) is 4.90. The van der Waals surface area contributed by atoms with Gasteiger partial charge in [-0.1, -0.05) is 0 Å². The number of carboxylic acid groups (broad SMARTS) is 1. The van der Waals surface area contributed by atoms with Crippen LogP contribution in [0, 0.1) is 0 Å². The highest BCUT2D eigenvalue weighted by Crippen LogP contribution is 2.27. The zero-order chi connectivity index (χ0) is 14.9. The van der Waals surface area contributed by atoms with E-state index < -0.39 is 27.8 Å². The molecule has 0 saturated carbocycles. The summed E-state index contributed by atoms with van der Waals surface area (Å²) < 4.78 is 31.4. The molecule has 0 radical (unpaired) electrons. The normalized spacial score (nSPS) is 13.3. The van der Waals surface area contributed by atoms with E-state index in [-0.39, 0.29) is 9.56 Å². The second-order valence-corrected chi connectivity index (χ2v) is 6.33. The van der Waals surface area contributed by atoms with E-state index >= 15 is 0 Å². The van der Waals surface area contributed by atoms with Gasteiger partial charge in [-0.3, -0.25) is 5.10 Å². The Kier molecular flexibility index (Phi) is 3.97. The molecule has 1 atom stereocenters. The Morgan fingerprint density at radius 1 is 1.60 bits per heavy atom. The van der Waals surface area contributed by atoms with Crippen LogP contribution in [0.1, 0.15) is 29.1 Å². The third kappa shape index (κ3) is 2.92. The SMILES string of the molecule is CC(NS(=O)(=O)c1cc(C(=O)O)oc1Br)c1cn[nH]c1. The molecule has 2 rings (SSSR count). The van der Waals surface area contributed by atoms with Crippen LogP contribution in [0.15, 0.2) is 32.4 Å². The van der Waals surface area contributed by atoms with Gasteiger partial charge in [0.25, 0.3) is 0 Å². The molecule has 3 N–H and O–H groups in total. The van der Waals surface area contributed by atoms with Crippen LogP contribution in [0.3, 0.4) is 0 Å². The van der Waals surface area contributed by atoms with E-state index in [2.05, 4.69) is 30.8 Å². The van der Waals surface area contributed by atoms with Gasteiger partial charge in [0.15, 0.2) is 4.67 Å². The number of sulfonamides is 1. The zero-order valence-corrected chi connectivity index (χ0v) is 12.5. The number of nitrogens with one attached hydrogen (secondary N) is 2. The van der Waals surface area contributed by atoms with Crippen molar-refractivity contribution in [1.29, 1.82) is 0 Å². The summed E-state index contributed by atoms with van der Waals surface area (Å²) in [5, 5.41) is 15.1. The van der Waals surface area contributed by atoms with Gasteiger partial charge in [-0.25, -0.2) is 17.9 Å². The second-order valence-electron chi connectivity index (χ2n) is 3.93. The maximum Gasteiger partial charge on any atom is 0.371 e. The lowest BCUT2D eigenvalue weighted by Crippen LogP contribution is -2.26. The molecule has 0 amide bonds. The number of aromatic amines is 1. The molecule has 2 aromatic rings. The molecule has 0 saturated heterocycles. The highest BCUT2D eigenvalue weighted by molar-refractivity contribution is 9.10. The number of halogens is 1. The highest BCUT2D eigenvalue weighted by atomic mass is 79.9. The first-order chi connectivity index (χ1) is 9.31. The van der Waals surface area contributed by atoms with Crippen molar-refractivity contribution in [2.24, 2.45) is 0 Å². The first-order valence-electron chi connectivity index (χ1n) is 5.35. The molecular weight excluding hydrogens is 354 g/mol. The van der Waals surface area contributed by atoms with Crippen LogP contribution in [0.2, 0.25) is 0 Å². The number of furan rings is 1. The molecule has 20 heavy (non-hydrogen) atoms. The van der Waals surface area contributed by atoms with Crippen molar-refractivity contribution in [3.63, 3.8) is 0 Å². The number of rotatable bonds is 5. The van der Waals surface area contributed by atoms with Crippen molar-refractivity contribution < 1.29 is 22.7 Å². The number of carboxylic acids is 1. The zero-order valence-electron chi connectivity index (χ0n) is 10.1. The van der Waals surface area contributed by atoms with Crippen molar-refractivity contribution in [2.45, 2.75) is 17.9 Å². The number of aromatic carboxylic acids is 1. The Balaban J connectivity index is 2.29. The fourth-order valence-electron chi connectivity index (χ4n) is 1.50. The Labute approximate surface area is 122 Å². The molecule has 0 spiro atoms. The number of carbonyl (C=O) groups is 1. The van der Waals surface area contributed by atoms with Crippen LogP contribution >= 0.6 is 15.9 Å². The summed E-state index contributed by atoms with van der Waals surface area (Å²) in [6, 6.07) is 0.408. The molecule has 0 bridgehead atoms. The summed E-state index contributed by atoms with van der Waals surface area (Å²) in [5.74, 6) is -1.82. The van der Waals surface area contributed by atoms with Crippen LogP contribution in [-0.2, 0) is 10.0 Å². The molecule has 8 nitrogen and oxygen atoms in total. The first kappa shape index (κ1) is 14.8. The molecule has 2 heterocycles. The van der Waals surface area contributed by atoms with Crippen molar-refractivity contribution in [2.75, 3.05) is 0 Å². The van der Waals surface area contributed by atoms with Gasteiger partial charge in [0.2, 0.25) is 15.8 Å². The molecular formula is C10H10BrN3O5S. The number of nitrogens with zero attached hydrogens (tertiary/aromatic N) is 1. The monoisotopic (exact) mass is 363 g/mol. The molecule has 2 aromatic heterocycles. The lowest BCUT2D eigenvalue weighted by atomic mass is 10.2. The number of hydrogen-bond donors (Lipinski definition) is 3. The van der Waals surface area contributed by atoms with Crippen LogP contribution in [0.4, 0.5) is 0 Å². The Morgan fingerprint density at radius 3 is 2.80 bits per heavy atom. The topological polar surface area (TPSA) is 125 Å². The maximum absolute atomic E-state index is 12.2. The minimum absolute atomic E-state index is 0.165. The summed E-state index contributed by atoms with van der Waals surface area (Å²) in [6.45, 7) is 1.63. The average molecular weight is 364 g/mol. The van der Waals surface area contributed by atoms with Crippen LogP contribution < -0.4 is 4.72 Å². The van der Waals surface area contributed by atoms with Crippen molar-refractivity contribution in [3.05, 3.63) is 34.5 Å². The highest BCUT2D eigenvalue weighted by Gasteiger charge is 2.26. The van der Waals surface area contributed by atoms with Gasteiger partial charge in [-0.15, -0.1) is 0 Å². The maximum atomic E-state index is 12.2. The van der Waals surface area contributed by atoms with Crippen molar-refractivity contribution in [1.82, 2.24) is 14.9 Å². The van der Waals surface area contributed by atoms with Crippen LogP contribution in [0.25, 0.3) is 0 Å². The summed E-state index contributed by atoms with van der Waals surface area (Å²) in [4.78, 5) is 10.5. The standard InChI is InChI=1S/C10H10BrN3O5S/c1-5(6-3-12-13-4-6)14-20(17,18)8-2-7(10(15)16)19-9(8)11/h2-5,14H,1H3,(H,12,13)(H,15,16). The van der Waals surface area contributed by atoms with Gasteiger partial charge >= 0.3 is 5.97 Å². The average Bonchev–Trinajstić information content (AvgIpc) is 2.96. The van der Waals surface area contributed by atoms with Gasteiger partial charge < -0.3 is 9.52 Å². The minimum atomic E-state index is -3.92. The van der Waals surface area contributed by atoms with E-state index in [0.29, 0.717) is 5.56 Å². The van der Waals surface area contributed by atoms with E-state index in [0.717, 1.165) is 6.07 Å². The Morgan fingerprint density at radius 2 is 2.30 bits per heavy atom. The predicted molar refractivity (Wildman–Crippen MR) is 70.7 cm³/mol. The third-order valence-electron chi connectivity index (χ3n) is 2.51. The molecule has 0 aliphatic rings. The Hall–Kier alpha value is -1.65. The molecule has 0 aliphatic heterocycles. The van der Waals surface area contributed by atoms with Crippen LogP contribution in [0.5, 0.6) is 0 Å². The van der Waals surface area contributed by atoms with E-state index in [1.807, 2.05) is 0 Å². The molecule has 10 heteroatoms. The number of H-pyrrole nitrogens is 1. The Bertz CT molecular complexity index is 722. The van der Waals surface area contributed by atoms with E-state index in [9.17, 15) is 13.2 Å². The van der Waals surface area contributed by atoms with Gasteiger partial charge in [0.1, 0.15) is 4.90 Å². The quantitative estimate of drug-likeness (QED) is 0.738. The summed E-state index contributed by atoms with van der Waals surface area (Å²) >= 11 is 2.89. The first-order valence-corrected chi connectivity index (χ1v) is 7.62. The van der Waals surface area contributed by atoms with E-state index in [1.165, 1.54) is 6.20 Å². The fourth-order valence-corrected chi connectivity index (χ4v) is 3.67. The summed E-state index contributed by atoms with van der Waals surface area (Å²) in [5.41, 5.74) is 0.645. The lowest BCUT2D eigenvalue weighted by Gasteiger charge is -2.11. The fraction of sp³-hybridized carbons (Fsp3) is 0.200. The van der Waals surface area contributed by atoms with Gasteiger partial charge in [-0.2, -0.15) is 5.10 Å². The summed E-state index contributed by atoms with van der Waals surface area (Å²) in [6.07, 6.45) is 3.04. The number of aromatic nitrogens is 2. The van der Waals surface area contributed by atoms with E-state index in [1.54, 1.807) is 13.1 Å².